The highest BCUT2D eigenvalue weighted by Crippen LogP contribution is 2.34. The molecule has 0 aromatic heterocycles. The summed E-state index contributed by atoms with van der Waals surface area (Å²) in [4.78, 5) is 10.9. The number of aliphatic hydroxyl groups is 1. The topological polar surface area (TPSA) is 63.4 Å². The van der Waals surface area contributed by atoms with Gasteiger partial charge in [0, 0.05) is 22.9 Å². The average molecular weight is 262 g/mol. The number of rotatable bonds is 5. The molecule has 6 heteroatoms. The van der Waals surface area contributed by atoms with Gasteiger partial charge in [-0.1, -0.05) is 18.5 Å². The second-order valence-corrected chi connectivity index (χ2v) is 5.23. The molecule has 0 aliphatic carbocycles. The molecule has 0 heterocycles. The summed E-state index contributed by atoms with van der Waals surface area (Å²) in [5, 5.41) is 20.0. The lowest BCUT2D eigenvalue weighted by Crippen LogP contribution is -2.00. The maximum absolute atomic E-state index is 10.8. The second-order valence-electron chi connectivity index (χ2n) is 3.31. The van der Waals surface area contributed by atoms with Crippen LogP contribution in [0.15, 0.2) is 23.1 Å². The lowest BCUT2D eigenvalue weighted by molar-refractivity contribution is -0.387. The molecule has 1 rings (SSSR count). The third kappa shape index (κ3) is 3.66. The molecule has 1 aromatic rings. The van der Waals surface area contributed by atoms with Gasteiger partial charge in [0.25, 0.3) is 5.69 Å². The maximum atomic E-state index is 10.8. The molecular formula is C10H12ClNO3S. The zero-order valence-electron chi connectivity index (χ0n) is 8.72. The Morgan fingerprint density at radius 2 is 2.31 bits per heavy atom. The van der Waals surface area contributed by atoms with Crippen molar-refractivity contribution in [2.75, 3.05) is 6.61 Å². The van der Waals surface area contributed by atoms with E-state index in [9.17, 15) is 10.1 Å². The first-order valence-electron chi connectivity index (χ1n) is 4.76. The standard InChI is InChI=1S/C10H12ClNO3S/c1-7(4-5-13)16-10-3-2-8(11)6-9(10)12(14)15/h2-3,6-7,13H,4-5H2,1H3. The lowest BCUT2D eigenvalue weighted by Gasteiger charge is -2.09. The third-order valence-corrected chi connectivity index (χ3v) is 3.45. The first-order chi connectivity index (χ1) is 7.54. The number of nitro groups is 1. The Hall–Kier alpha value is -0.780. The highest BCUT2D eigenvalue weighted by atomic mass is 35.5. The molecule has 0 fully saturated rings. The van der Waals surface area contributed by atoms with Crippen LogP contribution in [0.4, 0.5) is 5.69 Å². The van der Waals surface area contributed by atoms with Gasteiger partial charge in [-0.25, -0.2) is 0 Å². The van der Waals surface area contributed by atoms with Crippen molar-refractivity contribution in [1.29, 1.82) is 0 Å². The zero-order valence-corrected chi connectivity index (χ0v) is 10.3. The van der Waals surface area contributed by atoms with Crippen LogP contribution >= 0.6 is 23.4 Å². The normalized spacial score (nSPS) is 12.4. The van der Waals surface area contributed by atoms with Crippen molar-refractivity contribution in [3.8, 4) is 0 Å². The quantitative estimate of drug-likeness (QED) is 0.503. The van der Waals surface area contributed by atoms with E-state index in [1.165, 1.54) is 17.8 Å². The highest BCUT2D eigenvalue weighted by molar-refractivity contribution is 8.00. The van der Waals surface area contributed by atoms with Crippen molar-refractivity contribution in [3.63, 3.8) is 0 Å². The number of nitro benzene ring substituents is 1. The third-order valence-electron chi connectivity index (χ3n) is 1.98. The number of aliphatic hydroxyl groups excluding tert-OH is 1. The molecule has 0 aliphatic rings. The molecule has 0 saturated heterocycles. The van der Waals surface area contributed by atoms with Gasteiger partial charge in [-0.3, -0.25) is 10.1 Å². The van der Waals surface area contributed by atoms with Crippen molar-refractivity contribution in [1.82, 2.24) is 0 Å². The summed E-state index contributed by atoms with van der Waals surface area (Å²) < 4.78 is 0. The SMILES string of the molecule is CC(CCO)Sc1ccc(Cl)cc1[N+](=O)[O-]. The van der Waals surface area contributed by atoms with Crippen LogP contribution in [-0.2, 0) is 0 Å². The van der Waals surface area contributed by atoms with Gasteiger partial charge in [-0.15, -0.1) is 11.8 Å². The molecule has 0 saturated carbocycles. The molecular weight excluding hydrogens is 250 g/mol. The Labute approximate surface area is 103 Å². The van der Waals surface area contributed by atoms with Crippen molar-refractivity contribution < 1.29 is 10.0 Å². The van der Waals surface area contributed by atoms with Gasteiger partial charge >= 0.3 is 0 Å². The fraction of sp³-hybridized carbons (Fsp3) is 0.400. The molecule has 0 amide bonds. The van der Waals surface area contributed by atoms with E-state index in [2.05, 4.69) is 0 Å². The molecule has 0 spiro atoms. The molecule has 1 atom stereocenters. The first kappa shape index (κ1) is 13.3. The van der Waals surface area contributed by atoms with Gasteiger partial charge in [0.05, 0.1) is 9.82 Å². The minimum atomic E-state index is -0.445. The maximum Gasteiger partial charge on any atom is 0.284 e. The van der Waals surface area contributed by atoms with Crippen LogP contribution in [0.2, 0.25) is 5.02 Å². The van der Waals surface area contributed by atoms with Crippen molar-refractivity contribution in [2.45, 2.75) is 23.5 Å². The molecule has 0 aliphatic heterocycles. The highest BCUT2D eigenvalue weighted by Gasteiger charge is 2.16. The summed E-state index contributed by atoms with van der Waals surface area (Å²) >= 11 is 7.08. The van der Waals surface area contributed by atoms with Gasteiger partial charge in [0.1, 0.15) is 0 Å². The van der Waals surface area contributed by atoms with Crippen LogP contribution in [0.25, 0.3) is 0 Å². The predicted octanol–water partition coefficient (Wildman–Crippen LogP) is 3.11. The lowest BCUT2D eigenvalue weighted by atomic mass is 10.3. The second kappa shape index (κ2) is 6.08. The Balaban J connectivity index is 2.90. The molecule has 88 valence electrons. The smallest absolute Gasteiger partial charge is 0.284 e. The van der Waals surface area contributed by atoms with Gasteiger partial charge in [-0.05, 0) is 18.6 Å². The van der Waals surface area contributed by atoms with Crippen LogP contribution in [0.5, 0.6) is 0 Å². The summed E-state index contributed by atoms with van der Waals surface area (Å²) in [6, 6.07) is 4.61. The molecule has 1 unspecified atom stereocenters. The predicted molar refractivity (Wildman–Crippen MR) is 65.1 cm³/mol. The summed E-state index contributed by atoms with van der Waals surface area (Å²) in [5.41, 5.74) is 0.0160. The number of thioether (sulfide) groups is 1. The largest absolute Gasteiger partial charge is 0.396 e. The van der Waals surface area contributed by atoms with E-state index in [0.717, 1.165) is 0 Å². The van der Waals surface area contributed by atoms with Crippen LogP contribution in [0.3, 0.4) is 0 Å². The van der Waals surface area contributed by atoms with E-state index in [1.54, 1.807) is 12.1 Å². The summed E-state index contributed by atoms with van der Waals surface area (Å²) in [5.74, 6) is 0. The van der Waals surface area contributed by atoms with Gasteiger partial charge < -0.3 is 5.11 Å². The van der Waals surface area contributed by atoms with Gasteiger partial charge in [-0.2, -0.15) is 0 Å². The Kier molecular flexibility index (Phi) is 5.05. The Morgan fingerprint density at radius 1 is 1.62 bits per heavy atom. The number of halogens is 1. The van der Waals surface area contributed by atoms with E-state index in [1.807, 2.05) is 6.92 Å². The summed E-state index contributed by atoms with van der Waals surface area (Å²) in [7, 11) is 0. The molecule has 4 nitrogen and oxygen atoms in total. The van der Waals surface area contributed by atoms with E-state index >= 15 is 0 Å². The van der Waals surface area contributed by atoms with Crippen LogP contribution in [0.1, 0.15) is 13.3 Å². The van der Waals surface area contributed by atoms with Crippen LogP contribution in [-0.4, -0.2) is 21.9 Å². The van der Waals surface area contributed by atoms with E-state index < -0.39 is 4.92 Å². The summed E-state index contributed by atoms with van der Waals surface area (Å²) in [6.45, 7) is 1.99. The number of hydrogen-bond acceptors (Lipinski definition) is 4. The monoisotopic (exact) mass is 261 g/mol. The fourth-order valence-electron chi connectivity index (χ4n) is 1.19. The number of nitrogens with zero attached hydrogens (tertiary/aromatic N) is 1. The average Bonchev–Trinajstić information content (AvgIpc) is 2.20. The van der Waals surface area contributed by atoms with Crippen LogP contribution in [0, 0.1) is 10.1 Å². The minimum Gasteiger partial charge on any atom is -0.396 e. The number of hydrogen-bond donors (Lipinski definition) is 1. The Bertz CT molecular complexity index is 386. The zero-order chi connectivity index (χ0) is 12.1. The molecule has 0 radical (unpaired) electrons. The molecule has 1 N–H and O–H groups in total. The molecule has 0 bridgehead atoms. The van der Waals surface area contributed by atoms with E-state index in [4.69, 9.17) is 16.7 Å². The van der Waals surface area contributed by atoms with Gasteiger partial charge in [0.15, 0.2) is 0 Å². The Morgan fingerprint density at radius 3 is 2.88 bits per heavy atom. The van der Waals surface area contributed by atoms with Crippen LogP contribution < -0.4 is 0 Å². The van der Waals surface area contributed by atoms with E-state index in [-0.39, 0.29) is 17.5 Å². The van der Waals surface area contributed by atoms with E-state index in [0.29, 0.717) is 16.3 Å². The van der Waals surface area contributed by atoms with Crippen molar-refractivity contribution >= 4 is 29.1 Å². The minimum absolute atomic E-state index is 0.0160. The van der Waals surface area contributed by atoms with Crippen molar-refractivity contribution in [2.24, 2.45) is 0 Å². The first-order valence-corrected chi connectivity index (χ1v) is 6.02. The summed E-state index contributed by atoms with van der Waals surface area (Å²) in [6.07, 6.45) is 0.602. The van der Waals surface area contributed by atoms with Crippen molar-refractivity contribution in [3.05, 3.63) is 33.3 Å². The molecule has 1 aromatic carbocycles. The van der Waals surface area contributed by atoms with Gasteiger partial charge in [0.2, 0.25) is 0 Å². The number of benzene rings is 1. The molecule has 16 heavy (non-hydrogen) atoms. The fourth-order valence-corrected chi connectivity index (χ4v) is 2.41.